The molecule has 0 saturated carbocycles. The number of anilines is 1. The third-order valence-corrected chi connectivity index (χ3v) is 5.54. The SMILES string of the molecule is CC(NC(=O)CNc1cc(Cl)ccc1C(=O)N(C)C)c1ccc2c(c1)CCCC2. The highest BCUT2D eigenvalue weighted by atomic mass is 35.5. The number of fused-ring (bicyclic) bond motifs is 1. The van der Waals surface area contributed by atoms with Crippen molar-refractivity contribution >= 4 is 29.1 Å². The summed E-state index contributed by atoms with van der Waals surface area (Å²) in [5.41, 5.74) is 4.98. The van der Waals surface area contributed by atoms with Gasteiger partial charge in [0.1, 0.15) is 0 Å². The van der Waals surface area contributed by atoms with Crippen LogP contribution >= 0.6 is 11.6 Å². The lowest BCUT2D eigenvalue weighted by atomic mass is 9.89. The number of rotatable bonds is 6. The van der Waals surface area contributed by atoms with Crippen molar-refractivity contribution in [3.05, 3.63) is 63.7 Å². The normalized spacial score (nSPS) is 13.9. The lowest BCUT2D eigenvalue weighted by molar-refractivity contribution is -0.120. The largest absolute Gasteiger partial charge is 0.375 e. The number of amides is 2. The summed E-state index contributed by atoms with van der Waals surface area (Å²) >= 11 is 6.07. The van der Waals surface area contributed by atoms with Crippen molar-refractivity contribution in [1.82, 2.24) is 10.2 Å². The van der Waals surface area contributed by atoms with Crippen LogP contribution in [0.1, 0.15) is 52.9 Å². The summed E-state index contributed by atoms with van der Waals surface area (Å²) in [6.07, 6.45) is 4.75. The van der Waals surface area contributed by atoms with Crippen LogP contribution in [0.3, 0.4) is 0 Å². The lowest BCUT2D eigenvalue weighted by Crippen LogP contribution is -2.32. The average molecular weight is 414 g/mol. The molecule has 5 nitrogen and oxygen atoms in total. The fourth-order valence-corrected chi connectivity index (χ4v) is 3.84. The van der Waals surface area contributed by atoms with Crippen LogP contribution in [-0.2, 0) is 17.6 Å². The minimum absolute atomic E-state index is 0.0589. The van der Waals surface area contributed by atoms with E-state index in [1.54, 1.807) is 32.3 Å². The Balaban J connectivity index is 1.63. The van der Waals surface area contributed by atoms with Crippen LogP contribution in [0.4, 0.5) is 5.69 Å². The Hall–Kier alpha value is -2.53. The second-order valence-corrected chi connectivity index (χ2v) is 8.20. The van der Waals surface area contributed by atoms with Crippen molar-refractivity contribution < 1.29 is 9.59 Å². The van der Waals surface area contributed by atoms with Gasteiger partial charge < -0.3 is 15.5 Å². The van der Waals surface area contributed by atoms with Crippen molar-refractivity contribution in [2.45, 2.75) is 38.6 Å². The Labute approximate surface area is 177 Å². The number of aryl methyl sites for hydroxylation is 2. The van der Waals surface area contributed by atoms with Crippen LogP contribution < -0.4 is 10.6 Å². The highest BCUT2D eigenvalue weighted by Gasteiger charge is 2.16. The van der Waals surface area contributed by atoms with Crippen molar-refractivity contribution in [3.8, 4) is 0 Å². The van der Waals surface area contributed by atoms with Gasteiger partial charge in [-0.1, -0.05) is 29.8 Å². The van der Waals surface area contributed by atoms with Gasteiger partial charge in [-0.2, -0.15) is 0 Å². The minimum Gasteiger partial charge on any atom is -0.375 e. The van der Waals surface area contributed by atoms with Crippen molar-refractivity contribution in [2.75, 3.05) is 26.0 Å². The maximum Gasteiger partial charge on any atom is 0.255 e. The third kappa shape index (κ3) is 5.30. The number of halogens is 1. The molecule has 29 heavy (non-hydrogen) atoms. The van der Waals surface area contributed by atoms with E-state index in [0.717, 1.165) is 18.4 Å². The van der Waals surface area contributed by atoms with Gasteiger partial charge in [0.25, 0.3) is 5.91 Å². The minimum atomic E-state index is -0.146. The summed E-state index contributed by atoms with van der Waals surface area (Å²) in [7, 11) is 3.38. The molecule has 0 spiro atoms. The highest BCUT2D eigenvalue weighted by molar-refractivity contribution is 6.31. The molecule has 0 bridgehead atoms. The van der Waals surface area contributed by atoms with Gasteiger partial charge in [0.05, 0.1) is 18.2 Å². The number of nitrogens with one attached hydrogen (secondary N) is 2. The van der Waals surface area contributed by atoms with E-state index >= 15 is 0 Å². The smallest absolute Gasteiger partial charge is 0.255 e. The molecule has 1 aliphatic rings. The van der Waals surface area contributed by atoms with Crippen molar-refractivity contribution in [2.24, 2.45) is 0 Å². The standard InChI is InChI=1S/C23H28ClN3O2/c1-15(17-9-8-16-6-4-5-7-18(16)12-17)26-22(28)14-25-21-13-19(24)10-11-20(21)23(29)27(2)3/h8-13,15,25H,4-7,14H2,1-3H3,(H,26,28). The second-order valence-electron chi connectivity index (χ2n) is 7.77. The van der Waals surface area contributed by atoms with E-state index in [1.807, 2.05) is 6.92 Å². The summed E-state index contributed by atoms with van der Waals surface area (Å²) in [6.45, 7) is 2.05. The zero-order valence-corrected chi connectivity index (χ0v) is 18.0. The van der Waals surface area contributed by atoms with Crippen LogP contribution in [0.25, 0.3) is 0 Å². The molecule has 154 valence electrons. The highest BCUT2D eigenvalue weighted by Crippen LogP contribution is 2.25. The Morgan fingerprint density at radius 1 is 1.07 bits per heavy atom. The van der Waals surface area contributed by atoms with Crippen LogP contribution in [0.2, 0.25) is 5.02 Å². The van der Waals surface area contributed by atoms with Crippen LogP contribution in [0.5, 0.6) is 0 Å². The molecule has 1 atom stereocenters. The van der Waals surface area contributed by atoms with E-state index in [0.29, 0.717) is 16.3 Å². The second kappa shape index (κ2) is 9.31. The predicted octanol–water partition coefficient (Wildman–Crippen LogP) is 4.21. The van der Waals surface area contributed by atoms with Crippen LogP contribution in [0.15, 0.2) is 36.4 Å². The van der Waals surface area contributed by atoms with Gasteiger partial charge in [-0.25, -0.2) is 0 Å². The molecule has 2 amide bonds. The lowest BCUT2D eigenvalue weighted by Gasteiger charge is -2.20. The maximum absolute atomic E-state index is 12.5. The number of hydrogen-bond donors (Lipinski definition) is 2. The number of benzene rings is 2. The summed E-state index contributed by atoms with van der Waals surface area (Å²) in [5.74, 6) is -0.287. The average Bonchev–Trinajstić information content (AvgIpc) is 2.71. The third-order valence-electron chi connectivity index (χ3n) is 5.31. The Morgan fingerprint density at radius 2 is 1.79 bits per heavy atom. The Morgan fingerprint density at radius 3 is 2.52 bits per heavy atom. The van der Waals surface area contributed by atoms with Gasteiger partial charge in [0, 0.05) is 24.8 Å². The van der Waals surface area contributed by atoms with E-state index in [9.17, 15) is 9.59 Å². The van der Waals surface area contributed by atoms with Crippen molar-refractivity contribution in [1.29, 1.82) is 0 Å². The first kappa shape index (κ1) is 21.2. The monoisotopic (exact) mass is 413 g/mol. The zero-order chi connectivity index (χ0) is 21.0. The Bertz CT molecular complexity index is 911. The molecule has 1 aliphatic carbocycles. The van der Waals surface area contributed by atoms with Gasteiger partial charge in [-0.3, -0.25) is 9.59 Å². The molecule has 0 radical (unpaired) electrons. The summed E-state index contributed by atoms with van der Waals surface area (Å²) in [4.78, 5) is 26.3. The first-order valence-electron chi connectivity index (χ1n) is 10.0. The van der Waals surface area contributed by atoms with Crippen LogP contribution in [0, 0.1) is 0 Å². The molecule has 2 aromatic rings. The summed E-state index contributed by atoms with van der Waals surface area (Å²) < 4.78 is 0. The number of carbonyl (C=O) groups is 2. The summed E-state index contributed by atoms with van der Waals surface area (Å²) in [5, 5.41) is 6.59. The fraction of sp³-hybridized carbons (Fsp3) is 0.391. The number of carbonyl (C=O) groups excluding carboxylic acids is 2. The van der Waals surface area contributed by atoms with Gasteiger partial charge >= 0.3 is 0 Å². The first-order chi connectivity index (χ1) is 13.8. The molecule has 0 heterocycles. The van der Waals surface area contributed by atoms with Gasteiger partial charge in [0.2, 0.25) is 5.91 Å². The fourth-order valence-electron chi connectivity index (χ4n) is 3.66. The predicted molar refractivity (Wildman–Crippen MR) is 118 cm³/mol. The Kier molecular flexibility index (Phi) is 6.80. The van der Waals surface area contributed by atoms with Gasteiger partial charge in [-0.15, -0.1) is 0 Å². The molecule has 3 rings (SSSR count). The maximum atomic E-state index is 12.5. The van der Waals surface area contributed by atoms with Crippen molar-refractivity contribution in [3.63, 3.8) is 0 Å². The molecule has 0 aliphatic heterocycles. The molecule has 0 fully saturated rings. The molecule has 2 aromatic carbocycles. The number of nitrogens with zero attached hydrogens (tertiary/aromatic N) is 1. The first-order valence-corrected chi connectivity index (χ1v) is 10.4. The van der Waals surface area contributed by atoms with E-state index in [1.165, 1.54) is 28.9 Å². The molecular weight excluding hydrogens is 386 g/mol. The molecular formula is C23H28ClN3O2. The van der Waals surface area contributed by atoms with E-state index in [-0.39, 0.29) is 24.4 Å². The zero-order valence-electron chi connectivity index (χ0n) is 17.2. The molecule has 1 unspecified atom stereocenters. The van der Waals surface area contributed by atoms with E-state index in [2.05, 4.69) is 28.8 Å². The molecule has 6 heteroatoms. The van der Waals surface area contributed by atoms with E-state index in [4.69, 9.17) is 11.6 Å². The number of hydrogen-bond acceptors (Lipinski definition) is 3. The quantitative estimate of drug-likeness (QED) is 0.745. The topological polar surface area (TPSA) is 61.4 Å². The molecule has 2 N–H and O–H groups in total. The van der Waals surface area contributed by atoms with E-state index < -0.39 is 0 Å². The van der Waals surface area contributed by atoms with Crippen LogP contribution in [-0.4, -0.2) is 37.4 Å². The van der Waals surface area contributed by atoms with Gasteiger partial charge in [0.15, 0.2) is 0 Å². The summed E-state index contributed by atoms with van der Waals surface area (Å²) in [6, 6.07) is 11.4. The molecule has 0 saturated heterocycles. The molecule has 0 aromatic heterocycles. The van der Waals surface area contributed by atoms with Gasteiger partial charge in [-0.05, 0) is 67.5 Å².